The highest BCUT2D eigenvalue weighted by molar-refractivity contribution is 5.85. The molecule has 1 saturated heterocycles. The van der Waals surface area contributed by atoms with E-state index in [2.05, 4.69) is 4.90 Å². The molecule has 1 heterocycles. The molecule has 0 unspecified atom stereocenters. The molecule has 0 aliphatic carbocycles. The lowest BCUT2D eigenvalue weighted by molar-refractivity contribution is -0.138. The first-order chi connectivity index (χ1) is 11.6. The molecule has 0 bridgehead atoms. The molecule has 0 saturated carbocycles. The standard InChI is InChI=1S/C18H28N2O4.ClH/c1-3-23-16-4-6-17(7-5-16)24-13-12-20-10-8-15(9-11-20)19(2)14-18(21)22;/h4-7,15H,3,8-14H2,1-2H3,(H,21,22);1H. The van der Waals surface area contributed by atoms with Gasteiger partial charge < -0.3 is 14.6 Å². The van der Waals surface area contributed by atoms with E-state index in [1.165, 1.54) is 0 Å². The van der Waals surface area contributed by atoms with Crippen molar-refractivity contribution in [3.63, 3.8) is 0 Å². The third kappa shape index (κ3) is 7.50. The van der Waals surface area contributed by atoms with Gasteiger partial charge in [-0.1, -0.05) is 0 Å². The maximum atomic E-state index is 10.8. The highest BCUT2D eigenvalue weighted by Gasteiger charge is 2.23. The number of piperidine rings is 1. The molecule has 0 spiro atoms. The zero-order chi connectivity index (χ0) is 17.4. The van der Waals surface area contributed by atoms with Crippen molar-refractivity contribution in [1.82, 2.24) is 9.80 Å². The number of carboxylic acid groups (broad SMARTS) is 1. The Morgan fingerprint density at radius 1 is 1.20 bits per heavy atom. The molecule has 1 aliphatic rings. The summed E-state index contributed by atoms with van der Waals surface area (Å²) in [5, 5.41) is 8.86. The summed E-state index contributed by atoms with van der Waals surface area (Å²) in [6.45, 7) is 6.27. The second-order valence-corrected chi connectivity index (χ2v) is 6.13. The zero-order valence-corrected chi connectivity index (χ0v) is 15.8. The summed E-state index contributed by atoms with van der Waals surface area (Å²) in [5.41, 5.74) is 0. The Morgan fingerprint density at radius 3 is 2.28 bits per heavy atom. The molecule has 0 aromatic heterocycles. The van der Waals surface area contributed by atoms with Crippen LogP contribution in [0.25, 0.3) is 0 Å². The van der Waals surface area contributed by atoms with E-state index in [0.717, 1.165) is 44.0 Å². The third-order valence-electron chi connectivity index (χ3n) is 4.38. The number of carbonyl (C=O) groups is 1. The maximum absolute atomic E-state index is 10.8. The number of aliphatic carboxylic acids is 1. The SMILES string of the molecule is CCOc1ccc(OCCN2CCC(N(C)CC(=O)O)CC2)cc1.Cl. The topological polar surface area (TPSA) is 62.2 Å². The second-order valence-electron chi connectivity index (χ2n) is 6.13. The first-order valence-electron chi connectivity index (χ1n) is 8.58. The van der Waals surface area contributed by atoms with Gasteiger partial charge in [0.1, 0.15) is 18.1 Å². The number of ether oxygens (including phenoxy) is 2. The van der Waals surface area contributed by atoms with E-state index in [1.54, 1.807) is 0 Å². The number of nitrogens with zero attached hydrogens (tertiary/aromatic N) is 2. The minimum absolute atomic E-state index is 0. The van der Waals surface area contributed by atoms with Crippen molar-refractivity contribution in [2.45, 2.75) is 25.8 Å². The number of carboxylic acids is 1. The summed E-state index contributed by atoms with van der Waals surface area (Å²) in [6, 6.07) is 8.06. The largest absolute Gasteiger partial charge is 0.494 e. The highest BCUT2D eigenvalue weighted by atomic mass is 35.5. The van der Waals surface area contributed by atoms with Crippen LogP contribution in [0.3, 0.4) is 0 Å². The van der Waals surface area contributed by atoms with Crippen molar-refractivity contribution in [3.8, 4) is 11.5 Å². The molecule has 1 aromatic rings. The summed E-state index contributed by atoms with van der Waals surface area (Å²) in [5.74, 6) is 0.954. The average molecular weight is 373 g/mol. The molecule has 25 heavy (non-hydrogen) atoms. The number of hydrogen-bond donors (Lipinski definition) is 1. The fraction of sp³-hybridized carbons (Fsp3) is 0.611. The zero-order valence-electron chi connectivity index (χ0n) is 15.0. The number of hydrogen-bond acceptors (Lipinski definition) is 5. The lowest BCUT2D eigenvalue weighted by atomic mass is 10.0. The fourth-order valence-electron chi connectivity index (χ4n) is 3.02. The summed E-state index contributed by atoms with van der Waals surface area (Å²) >= 11 is 0. The van der Waals surface area contributed by atoms with Gasteiger partial charge in [-0.15, -0.1) is 12.4 Å². The molecule has 1 fully saturated rings. The van der Waals surface area contributed by atoms with Gasteiger partial charge in [0.05, 0.1) is 13.2 Å². The molecular formula is C18H29ClN2O4. The van der Waals surface area contributed by atoms with Gasteiger partial charge in [0.15, 0.2) is 0 Å². The molecule has 0 amide bonds. The summed E-state index contributed by atoms with van der Waals surface area (Å²) in [4.78, 5) is 15.1. The molecule has 6 nitrogen and oxygen atoms in total. The number of likely N-dealkylation sites (tertiary alicyclic amines) is 1. The van der Waals surface area contributed by atoms with Crippen LogP contribution in [0.5, 0.6) is 11.5 Å². The predicted molar refractivity (Wildman–Crippen MR) is 100 cm³/mol. The first kappa shape index (κ1) is 21.5. The Kier molecular flexibility index (Phi) is 9.63. The minimum Gasteiger partial charge on any atom is -0.494 e. The van der Waals surface area contributed by atoms with Gasteiger partial charge in [0, 0.05) is 12.6 Å². The number of benzene rings is 1. The van der Waals surface area contributed by atoms with Gasteiger partial charge >= 0.3 is 5.97 Å². The molecule has 2 rings (SSSR count). The van der Waals surface area contributed by atoms with Gasteiger partial charge in [-0.05, 0) is 64.2 Å². The number of likely N-dealkylation sites (N-methyl/N-ethyl adjacent to an activating group) is 1. The Hall–Kier alpha value is -1.50. The molecule has 142 valence electrons. The van der Waals surface area contributed by atoms with Crippen molar-refractivity contribution in [2.24, 2.45) is 0 Å². The monoisotopic (exact) mass is 372 g/mol. The lowest BCUT2D eigenvalue weighted by Crippen LogP contribution is -2.45. The maximum Gasteiger partial charge on any atom is 0.317 e. The van der Waals surface area contributed by atoms with Gasteiger partial charge in [0.25, 0.3) is 0 Å². The average Bonchev–Trinajstić information content (AvgIpc) is 2.57. The van der Waals surface area contributed by atoms with Crippen LogP contribution in [-0.2, 0) is 4.79 Å². The van der Waals surface area contributed by atoms with Crippen LogP contribution < -0.4 is 9.47 Å². The highest BCUT2D eigenvalue weighted by Crippen LogP contribution is 2.18. The van der Waals surface area contributed by atoms with E-state index < -0.39 is 5.97 Å². The van der Waals surface area contributed by atoms with Crippen molar-refractivity contribution in [3.05, 3.63) is 24.3 Å². The van der Waals surface area contributed by atoms with Crippen molar-refractivity contribution in [2.75, 3.05) is 46.4 Å². The van der Waals surface area contributed by atoms with E-state index in [4.69, 9.17) is 14.6 Å². The van der Waals surface area contributed by atoms with Crippen LogP contribution in [0.15, 0.2) is 24.3 Å². The lowest BCUT2D eigenvalue weighted by Gasteiger charge is -2.36. The minimum atomic E-state index is -0.760. The Morgan fingerprint density at radius 2 is 1.76 bits per heavy atom. The van der Waals surface area contributed by atoms with Crippen LogP contribution >= 0.6 is 12.4 Å². The smallest absolute Gasteiger partial charge is 0.317 e. The molecule has 1 aliphatic heterocycles. The van der Waals surface area contributed by atoms with Crippen LogP contribution in [-0.4, -0.2) is 73.4 Å². The molecule has 1 aromatic carbocycles. The Bertz CT molecular complexity index is 504. The summed E-state index contributed by atoms with van der Waals surface area (Å²) in [6.07, 6.45) is 2.01. The van der Waals surface area contributed by atoms with Crippen LogP contribution in [0.1, 0.15) is 19.8 Å². The van der Waals surface area contributed by atoms with Gasteiger partial charge in [-0.2, -0.15) is 0 Å². The quantitative estimate of drug-likeness (QED) is 0.718. The van der Waals surface area contributed by atoms with Crippen LogP contribution in [0.4, 0.5) is 0 Å². The first-order valence-corrected chi connectivity index (χ1v) is 8.58. The van der Waals surface area contributed by atoms with E-state index in [-0.39, 0.29) is 19.0 Å². The molecule has 0 radical (unpaired) electrons. The van der Waals surface area contributed by atoms with E-state index in [1.807, 2.05) is 43.1 Å². The Labute approximate surface area is 156 Å². The fourth-order valence-corrected chi connectivity index (χ4v) is 3.02. The van der Waals surface area contributed by atoms with Crippen LogP contribution in [0.2, 0.25) is 0 Å². The van der Waals surface area contributed by atoms with Crippen molar-refractivity contribution >= 4 is 18.4 Å². The van der Waals surface area contributed by atoms with E-state index >= 15 is 0 Å². The molecule has 7 heteroatoms. The van der Waals surface area contributed by atoms with Gasteiger partial charge in [-0.25, -0.2) is 0 Å². The third-order valence-corrected chi connectivity index (χ3v) is 4.38. The molecular weight excluding hydrogens is 344 g/mol. The molecule has 0 atom stereocenters. The van der Waals surface area contributed by atoms with Crippen LogP contribution in [0, 0.1) is 0 Å². The van der Waals surface area contributed by atoms with Crippen molar-refractivity contribution in [1.29, 1.82) is 0 Å². The normalized spacial score (nSPS) is 15.6. The number of rotatable bonds is 9. The van der Waals surface area contributed by atoms with Gasteiger partial charge in [-0.3, -0.25) is 14.6 Å². The molecule has 1 N–H and O–H groups in total. The van der Waals surface area contributed by atoms with E-state index in [9.17, 15) is 4.79 Å². The summed E-state index contributed by atoms with van der Waals surface area (Å²) in [7, 11) is 1.89. The van der Waals surface area contributed by atoms with Gasteiger partial charge in [0.2, 0.25) is 0 Å². The second kappa shape index (κ2) is 11.2. The predicted octanol–water partition coefficient (Wildman–Crippen LogP) is 2.37. The number of halogens is 1. The van der Waals surface area contributed by atoms with E-state index in [0.29, 0.717) is 19.3 Å². The van der Waals surface area contributed by atoms with Crippen molar-refractivity contribution < 1.29 is 19.4 Å². The summed E-state index contributed by atoms with van der Waals surface area (Å²) < 4.78 is 11.2. The Balaban J connectivity index is 0.00000312.